The van der Waals surface area contributed by atoms with Gasteiger partial charge in [-0.05, 0) is 38.2 Å². The molecule has 3 nitrogen and oxygen atoms in total. The highest BCUT2D eigenvalue weighted by Gasteiger charge is 2.34. The molecule has 2 saturated carbocycles. The summed E-state index contributed by atoms with van der Waals surface area (Å²) in [7, 11) is 0. The number of benzene rings is 1. The van der Waals surface area contributed by atoms with Crippen molar-refractivity contribution in [1.82, 2.24) is 15.6 Å². The third kappa shape index (κ3) is 4.30. The Hall–Kier alpha value is -1.23. The van der Waals surface area contributed by atoms with Gasteiger partial charge in [-0.2, -0.15) is 0 Å². The Labute approximate surface area is 155 Å². The van der Waals surface area contributed by atoms with E-state index in [2.05, 4.69) is 59.1 Å². The van der Waals surface area contributed by atoms with E-state index in [0.717, 1.165) is 19.0 Å². The van der Waals surface area contributed by atoms with Gasteiger partial charge in [-0.1, -0.05) is 43.2 Å². The smallest absolute Gasteiger partial charge is 0.0959 e. The normalized spacial score (nSPS) is 20.7. The minimum Gasteiger partial charge on any atom is -0.310 e. The summed E-state index contributed by atoms with van der Waals surface area (Å²) in [6.45, 7) is 4.29. The van der Waals surface area contributed by atoms with Gasteiger partial charge in [-0.15, -0.1) is 11.3 Å². The molecule has 1 aromatic carbocycles. The number of thiazole rings is 1. The molecule has 1 aromatic heterocycles. The van der Waals surface area contributed by atoms with E-state index in [-0.39, 0.29) is 5.54 Å². The second kappa shape index (κ2) is 7.56. The summed E-state index contributed by atoms with van der Waals surface area (Å²) in [5, 5.41) is 9.03. The third-order valence-corrected chi connectivity index (χ3v) is 6.80. The van der Waals surface area contributed by atoms with Crippen molar-refractivity contribution in [2.75, 3.05) is 6.54 Å². The molecule has 0 saturated heterocycles. The molecule has 1 unspecified atom stereocenters. The van der Waals surface area contributed by atoms with Gasteiger partial charge in [-0.3, -0.25) is 0 Å². The maximum Gasteiger partial charge on any atom is 0.0959 e. The lowest BCUT2D eigenvalue weighted by Crippen LogP contribution is -2.51. The van der Waals surface area contributed by atoms with Gasteiger partial charge in [0.1, 0.15) is 0 Å². The predicted octanol–water partition coefficient (Wildman–Crippen LogP) is 4.77. The zero-order valence-electron chi connectivity index (χ0n) is 15.1. The molecule has 4 rings (SSSR count). The molecular weight excluding hydrogens is 326 g/mol. The summed E-state index contributed by atoms with van der Waals surface area (Å²) in [5.41, 5.74) is 1.62. The first-order valence-electron chi connectivity index (χ1n) is 9.72. The molecule has 0 spiro atoms. The van der Waals surface area contributed by atoms with Gasteiger partial charge in [-0.25, -0.2) is 4.98 Å². The molecule has 2 fully saturated rings. The van der Waals surface area contributed by atoms with Gasteiger partial charge in [0.2, 0.25) is 0 Å². The number of hydrogen-bond donors (Lipinski definition) is 2. The quantitative estimate of drug-likeness (QED) is 0.716. The number of nitrogens with one attached hydrogen (secondary N) is 2. The van der Waals surface area contributed by atoms with E-state index in [1.165, 1.54) is 54.0 Å². The lowest BCUT2D eigenvalue weighted by atomic mass is 9.94. The fourth-order valence-electron chi connectivity index (χ4n) is 4.06. The molecule has 1 heterocycles. The highest BCUT2D eigenvalue weighted by atomic mass is 32.1. The van der Waals surface area contributed by atoms with E-state index in [1.54, 1.807) is 0 Å². The van der Waals surface area contributed by atoms with Crippen LogP contribution in [0.2, 0.25) is 0 Å². The van der Waals surface area contributed by atoms with Crippen molar-refractivity contribution in [3.8, 4) is 0 Å². The van der Waals surface area contributed by atoms with Crippen LogP contribution in [0.5, 0.6) is 0 Å². The summed E-state index contributed by atoms with van der Waals surface area (Å²) in [6, 6.07) is 11.2. The largest absolute Gasteiger partial charge is 0.310 e. The summed E-state index contributed by atoms with van der Waals surface area (Å²) in [4.78, 5) is 5.98. The first-order chi connectivity index (χ1) is 12.2. The molecule has 2 aliphatic carbocycles. The summed E-state index contributed by atoms with van der Waals surface area (Å²) in [5.74, 6) is 0.772. The maximum absolute atomic E-state index is 4.60. The lowest BCUT2D eigenvalue weighted by Gasteiger charge is -2.34. The Balaban J connectivity index is 1.33. The Morgan fingerprint density at radius 3 is 2.68 bits per heavy atom. The van der Waals surface area contributed by atoms with Gasteiger partial charge in [0.15, 0.2) is 0 Å². The molecule has 2 aliphatic rings. The number of rotatable bonds is 8. The average molecular weight is 356 g/mol. The number of hydrogen-bond acceptors (Lipinski definition) is 4. The molecule has 0 amide bonds. The van der Waals surface area contributed by atoms with Gasteiger partial charge in [0.05, 0.1) is 5.01 Å². The van der Waals surface area contributed by atoms with Crippen molar-refractivity contribution in [2.24, 2.45) is 0 Å². The average Bonchev–Trinajstić information content (AvgIpc) is 3.21. The van der Waals surface area contributed by atoms with Crippen LogP contribution >= 0.6 is 11.3 Å². The van der Waals surface area contributed by atoms with Gasteiger partial charge in [0, 0.05) is 41.7 Å². The molecule has 4 heteroatoms. The van der Waals surface area contributed by atoms with E-state index in [1.807, 2.05) is 11.3 Å². The van der Waals surface area contributed by atoms with Crippen LogP contribution in [0.25, 0.3) is 0 Å². The van der Waals surface area contributed by atoms with Crippen LogP contribution in [0.15, 0.2) is 36.5 Å². The van der Waals surface area contributed by atoms with Crippen molar-refractivity contribution in [2.45, 2.75) is 69.5 Å². The number of aromatic nitrogens is 1. The molecule has 1 atom stereocenters. The van der Waals surface area contributed by atoms with Crippen molar-refractivity contribution in [1.29, 1.82) is 0 Å². The SMILES string of the molecule is CC(NC1(CNCc2cnc(C3CC3)s2)CCCC1)c1ccccc1. The van der Waals surface area contributed by atoms with Crippen molar-refractivity contribution >= 4 is 11.3 Å². The van der Waals surface area contributed by atoms with Crippen LogP contribution in [-0.2, 0) is 6.54 Å². The second-order valence-corrected chi connectivity index (χ2v) is 8.95. The summed E-state index contributed by atoms with van der Waals surface area (Å²) < 4.78 is 0. The van der Waals surface area contributed by atoms with Crippen LogP contribution < -0.4 is 10.6 Å². The lowest BCUT2D eigenvalue weighted by molar-refractivity contribution is 0.285. The molecule has 2 N–H and O–H groups in total. The van der Waals surface area contributed by atoms with E-state index in [4.69, 9.17) is 0 Å². The highest BCUT2D eigenvalue weighted by Crippen LogP contribution is 2.41. The van der Waals surface area contributed by atoms with Crippen LogP contribution in [0.1, 0.15) is 72.9 Å². The van der Waals surface area contributed by atoms with Crippen LogP contribution in [-0.4, -0.2) is 17.1 Å². The minimum atomic E-state index is 0.235. The van der Waals surface area contributed by atoms with E-state index in [0.29, 0.717) is 6.04 Å². The zero-order valence-corrected chi connectivity index (χ0v) is 15.9. The molecule has 0 radical (unpaired) electrons. The van der Waals surface area contributed by atoms with E-state index < -0.39 is 0 Å². The number of nitrogens with zero attached hydrogens (tertiary/aromatic N) is 1. The zero-order chi connectivity index (χ0) is 17.1. The van der Waals surface area contributed by atoms with Gasteiger partial charge < -0.3 is 10.6 Å². The third-order valence-electron chi connectivity index (χ3n) is 5.64. The van der Waals surface area contributed by atoms with E-state index >= 15 is 0 Å². The van der Waals surface area contributed by atoms with Crippen LogP contribution in [0.3, 0.4) is 0 Å². The standard InChI is InChI=1S/C21H29N3S/c1-16(17-7-3-2-4-8-17)24-21(11-5-6-12-21)15-22-13-19-14-23-20(25-19)18-9-10-18/h2-4,7-8,14,16,18,22,24H,5-6,9-13,15H2,1H3. The highest BCUT2D eigenvalue weighted by molar-refractivity contribution is 7.11. The Kier molecular flexibility index (Phi) is 5.20. The molecule has 2 aromatic rings. The molecule has 134 valence electrons. The fourth-order valence-corrected chi connectivity index (χ4v) is 5.11. The molecule has 25 heavy (non-hydrogen) atoms. The maximum atomic E-state index is 4.60. The Morgan fingerprint density at radius 2 is 1.96 bits per heavy atom. The monoisotopic (exact) mass is 355 g/mol. The van der Waals surface area contributed by atoms with Crippen LogP contribution in [0, 0.1) is 0 Å². The predicted molar refractivity (Wildman–Crippen MR) is 105 cm³/mol. The Bertz CT molecular complexity index is 671. The van der Waals surface area contributed by atoms with Gasteiger partial charge >= 0.3 is 0 Å². The summed E-state index contributed by atoms with van der Waals surface area (Å²) in [6.07, 6.45) is 9.97. The fraction of sp³-hybridized carbons (Fsp3) is 0.571. The minimum absolute atomic E-state index is 0.235. The van der Waals surface area contributed by atoms with Gasteiger partial charge in [0.25, 0.3) is 0 Å². The molecule has 0 bridgehead atoms. The van der Waals surface area contributed by atoms with Crippen molar-refractivity contribution < 1.29 is 0 Å². The van der Waals surface area contributed by atoms with Crippen LogP contribution in [0.4, 0.5) is 0 Å². The van der Waals surface area contributed by atoms with Crippen molar-refractivity contribution in [3.63, 3.8) is 0 Å². The Morgan fingerprint density at radius 1 is 1.20 bits per heavy atom. The van der Waals surface area contributed by atoms with E-state index in [9.17, 15) is 0 Å². The molecular formula is C21H29N3S. The van der Waals surface area contributed by atoms with Crippen molar-refractivity contribution in [3.05, 3.63) is 52.0 Å². The second-order valence-electron chi connectivity index (χ2n) is 7.81. The summed E-state index contributed by atoms with van der Waals surface area (Å²) >= 11 is 1.90. The first kappa shape index (κ1) is 17.2. The molecule has 0 aliphatic heterocycles. The first-order valence-corrected chi connectivity index (χ1v) is 10.5. The topological polar surface area (TPSA) is 37.0 Å².